The summed E-state index contributed by atoms with van der Waals surface area (Å²) in [5.74, 6) is 2.31. The van der Waals surface area contributed by atoms with Gasteiger partial charge in [0, 0.05) is 52.2 Å². The summed E-state index contributed by atoms with van der Waals surface area (Å²) < 4.78 is 5.96. The zero-order chi connectivity index (χ0) is 18.4. The molecule has 0 saturated carbocycles. The zero-order valence-corrected chi connectivity index (χ0v) is 19.3. The van der Waals surface area contributed by atoms with Gasteiger partial charge in [-0.1, -0.05) is 44.2 Å². The molecule has 2 unspecified atom stereocenters. The normalized spacial score (nSPS) is 24.1. The van der Waals surface area contributed by atoms with Crippen LogP contribution in [0, 0.1) is 5.92 Å². The maximum Gasteiger partial charge on any atom is 0.193 e. The van der Waals surface area contributed by atoms with E-state index in [0.717, 1.165) is 51.8 Å². The molecule has 2 heterocycles. The van der Waals surface area contributed by atoms with Gasteiger partial charge < -0.3 is 15.0 Å². The molecule has 0 aliphatic carbocycles. The van der Waals surface area contributed by atoms with Gasteiger partial charge in [-0.2, -0.15) is 0 Å². The van der Waals surface area contributed by atoms with Crippen molar-refractivity contribution < 1.29 is 4.74 Å². The van der Waals surface area contributed by atoms with Gasteiger partial charge in [0.25, 0.3) is 0 Å². The molecular formula is C21H35IN4O. The first-order valence-electron chi connectivity index (χ1n) is 10.00. The Hall–Kier alpha value is -0.860. The molecule has 2 saturated heterocycles. The molecule has 0 radical (unpaired) electrons. The van der Waals surface area contributed by atoms with Crippen LogP contribution >= 0.6 is 24.0 Å². The van der Waals surface area contributed by atoms with Crippen molar-refractivity contribution in [2.75, 3.05) is 52.9 Å². The summed E-state index contributed by atoms with van der Waals surface area (Å²) >= 11 is 0. The van der Waals surface area contributed by atoms with Crippen molar-refractivity contribution in [2.45, 2.75) is 32.3 Å². The fraction of sp³-hybridized carbons (Fsp3) is 0.667. The highest BCUT2D eigenvalue weighted by Crippen LogP contribution is 2.26. The van der Waals surface area contributed by atoms with Crippen LogP contribution in [0.4, 0.5) is 0 Å². The highest BCUT2D eigenvalue weighted by molar-refractivity contribution is 14.0. The minimum atomic E-state index is 0. The van der Waals surface area contributed by atoms with E-state index in [1.165, 1.54) is 12.0 Å². The summed E-state index contributed by atoms with van der Waals surface area (Å²) in [6.45, 7) is 11.5. The van der Waals surface area contributed by atoms with Gasteiger partial charge in [0.15, 0.2) is 5.96 Å². The third kappa shape index (κ3) is 6.61. The first-order chi connectivity index (χ1) is 12.7. The second-order valence-corrected chi connectivity index (χ2v) is 7.92. The van der Waals surface area contributed by atoms with Crippen molar-refractivity contribution in [2.24, 2.45) is 10.9 Å². The minimum absolute atomic E-state index is 0. The number of benzene rings is 1. The van der Waals surface area contributed by atoms with Crippen LogP contribution in [-0.4, -0.2) is 74.8 Å². The molecule has 0 spiro atoms. The zero-order valence-electron chi connectivity index (χ0n) is 16.9. The van der Waals surface area contributed by atoms with Crippen molar-refractivity contribution in [3.05, 3.63) is 35.9 Å². The Morgan fingerprint density at radius 3 is 2.70 bits per heavy atom. The monoisotopic (exact) mass is 486 g/mol. The lowest BCUT2D eigenvalue weighted by Crippen LogP contribution is -2.50. The van der Waals surface area contributed by atoms with Crippen LogP contribution < -0.4 is 5.32 Å². The Labute approximate surface area is 181 Å². The molecule has 27 heavy (non-hydrogen) atoms. The highest BCUT2D eigenvalue weighted by Gasteiger charge is 2.27. The first-order valence-corrected chi connectivity index (χ1v) is 10.00. The van der Waals surface area contributed by atoms with E-state index >= 15 is 0 Å². The molecule has 5 nitrogen and oxygen atoms in total. The molecule has 2 atom stereocenters. The smallest absolute Gasteiger partial charge is 0.193 e. The molecule has 1 aromatic carbocycles. The maximum atomic E-state index is 5.96. The Morgan fingerprint density at radius 1 is 1.22 bits per heavy atom. The summed E-state index contributed by atoms with van der Waals surface area (Å²) in [6.07, 6.45) is 1.43. The molecule has 3 rings (SSSR count). The fourth-order valence-electron chi connectivity index (χ4n) is 4.07. The van der Waals surface area contributed by atoms with Crippen LogP contribution in [0.25, 0.3) is 0 Å². The fourth-order valence-corrected chi connectivity index (χ4v) is 4.07. The number of nitrogens with zero attached hydrogens (tertiary/aromatic N) is 3. The maximum absolute atomic E-state index is 5.96. The summed E-state index contributed by atoms with van der Waals surface area (Å²) in [5, 5.41) is 3.55. The van der Waals surface area contributed by atoms with E-state index in [1.54, 1.807) is 0 Å². The standard InChI is InChI=1S/C21H34N4O.HI/c1-17(2)14-24-11-12-26-20(16-24)13-23-21(22-3)25-10-9-19(15-25)18-7-5-4-6-8-18;/h4-8,17,19-20H,9-16H2,1-3H3,(H,22,23);1H. The number of hydrogen-bond acceptors (Lipinski definition) is 3. The van der Waals surface area contributed by atoms with E-state index in [2.05, 4.69) is 64.3 Å². The van der Waals surface area contributed by atoms with E-state index < -0.39 is 0 Å². The average Bonchev–Trinajstić information content (AvgIpc) is 3.13. The Balaban J connectivity index is 0.00000261. The van der Waals surface area contributed by atoms with Gasteiger partial charge in [0.1, 0.15) is 0 Å². The summed E-state index contributed by atoms with van der Waals surface area (Å²) in [7, 11) is 1.88. The third-order valence-electron chi connectivity index (χ3n) is 5.30. The lowest BCUT2D eigenvalue weighted by molar-refractivity contribution is -0.0286. The van der Waals surface area contributed by atoms with Gasteiger partial charge >= 0.3 is 0 Å². The lowest BCUT2D eigenvalue weighted by atomic mass is 9.99. The van der Waals surface area contributed by atoms with Gasteiger partial charge in [0.05, 0.1) is 12.7 Å². The summed E-state index contributed by atoms with van der Waals surface area (Å²) in [6, 6.07) is 10.8. The van der Waals surface area contributed by atoms with Crippen LogP contribution in [-0.2, 0) is 4.74 Å². The van der Waals surface area contributed by atoms with Crippen molar-refractivity contribution in [3.8, 4) is 0 Å². The number of ether oxygens (including phenoxy) is 1. The Kier molecular flexibility index (Phi) is 9.32. The predicted molar refractivity (Wildman–Crippen MR) is 123 cm³/mol. The molecule has 1 aromatic rings. The van der Waals surface area contributed by atoms with E-state index in [4.69, 9.17) is 4.74 Å². The largest absolute Gasteiger partial charge is 0.374 e. The lowest BCUT2D eigenvalue weighted by Gasteiger charge is -2.34. The quantitative estimate of drug-likeness (QED) is 0.395. The molecule has 2 fully saturated rings. The molecular weight excluding hydrogens is 451 g/mol. The van der Waals surface area contributed by atoms with E-state index in [9.17, 15) is 0 Å². The topological polar surface area (TPSA) is 40.1 Å². The van der Waals surface area contributed by atoms with Crippen LogP contribution in [0.1, 0.15) is 31.7 Å². The second kappa shape index (κ2) is 11.2. The molecule has 0 bridgehead atoms. The highest BCUT2D eigenvalue weighted by atomic mass is 127. The van der Waals surface area contributed by atoms with E-state index in [1.807, 2.05) is 7.05 Å². The second-order valence-electron chi connectivity index (χ2n) is 7.92. The van der Waals surface area contributed by atoms with Crippen LogP contribution in [0.3, 0.4) is 0 Å². The third-order valence-corrected chi connectivity index (χ3v) is 5.30. The van der Waals surface area contributed by atoms with Crippen LogP contribution in [0.2, 0.25) is 0 Å². The molecule has 6 heteroatoms. The minimum Gasteiger partial charge on any atom is -0.374 e. The van der Waals surface area contributed by atoms with Crippen LogP contribution in [0.15, 0.2) is 35.3 Å². The molecule has 152 valence electrons. The molecule has 0 aromatic heterocycles. The molecule has 2 aliphatic rings. The summed E-state index contributed by atoms with van der Waals surface area (Å²) in [4.78, 5) is 9.41. The Bertz CT molecular complexity index is 581. The van der Waals surface area contributed by atoms with Crippen LogP contribution in [0.5, 0.6) is 0 Å². The van der Waals surface area contributed by atoms with Crippen molar-refractivity contribution in [1.82, 2.24) is 15.1 Å². The van der Waals surface area contributed by atoms with E-state index in [-0.39, 0.29) is 30.1 Å². The van der Waals surface area contributed by atoms with Crippen molar-refractivity contribution in [3.63, 3.8) is 0 Å². The van der Waals surface area contributed by atoms with Gasteiger partial charge in [-0.15, -0.1) is 24.0 Å². The number of rotatable bonds is 5. The first kappa shape index (κ1) is 22.4. The molecule has 2 aliphatic heterocycles. The predicted octanol–water partition coefficient (Wildman–Crippen LogP) is 3.03. The summed E-state index contributed by atoms with van der Waals surface area (Å²) in [5.41, 5.74) is 1.44. The Morgan fingerprint density at radius 2 is 2.00 bits per heavy atom. The van der Waals surface area contributed by atoms with E-state index in [0.29, 0.717) is 11.8 Å². The number of halogens is 1. The molecule has 0 amide bonds. The average molecular weight is 486 g/mol. The van der Waals surface area contributed by atoms with Gasteiger partial charge in [-0.25, -0.2) is 0 Å². The molecule has 1 N–H and O–H groups in total. The number of aliphatic imine (C=N–C) groups is 1. The number of guanidine groups is 1. The van der Waals surface area contributed by atoms with Gasteiger partial charge in [-0.05, 0) is 17.9 Å². The van der Waals surface area contributed by atoms with Crippen molar-refractivity contribution in [1.29, 1.82) is 0 Å². The van der Waals surface area contributed by atoms with Crippen molar-refractivity contribution >= 4 is 29.9 Å². The van der Waals surface area contributed by atoms with Gasteiger partial charge in [0.2, 0.25) is 0 Å². The SMILES string of the molecule is CN=C(NCC1CN(CC(C)C)CCO1)N1CCC(c2ccccc2)C1.I. The number of hydrogen-bond donors (Lipinski definition) is 1. The number of likely N-dealkylation sites (tertiary alicyclic amines) is 1. The number of nitrogens with one attached hydrogen (secondary N) is 1. The van der Waals surface area contributed by atoms with Gasteiger partial charge in [-0.3, -0.25) is 9.89 Å². The number of morpholine rings is 1.